The van der Waals surface area contributed by atoms with Gasteiger partial charge in [0.15, 0.2) is 0 Å². The van der Waals surface area contributed by atoms with Crippen LogP contribution < -0.4 is 5.43 Å². The smallest absolute Gasteiger partial charge is 0.213 e. The molecule has 124 valence electrons. The first kappa shape index (κ1) is 18.1. The molecular formula is C15H20ClN3O2SSi. The van der Waals surface area contributed by atoms with Gasteiger partial charge in [-0.1, -0.05) is 31.2 Å². The van der Waals surface area contributed by atoms with Gasteiger partial charge >= 0.3 is 0 Å². The van der Waals surface area contributed by atoms with Gasteiger partial charge in [0, 0.05) is 14.7 Å². The first-order chi connectivity index (χ1) is 10.7. The Bertz CT molecular complexity index is 817. The number of rotatable bonds is 6. The second kappa shape index (κ2) is 7.14. The molecule has 0 fully saturated rings. The molecule has 8 heteroatoms. The van der Waals surface area contributed by atoms with Gasteiger partial charge in [-0.25, -0.2) is 4.68 Å². The summed E-state index contributed by atoms with van der Waals surface area (Å²) in [7, 11) is -1.15. The summed E-state index contributed by atoms with van der Waals surface area (Å²) >= 11 is 7.51. The molecule has 0 bridgehead atoms. The van der Waals surface area contributed by atoms with Crippen LogP contribution in [0.25, 0.3) is 10.2 Å². The Kier molecular flexibility index (Phi) is 5.63. The summed E-state index contributed by atoms with van der Waals surface area (Å²) in [5, 5.41) is 13.7. The van der Waals surface area contributed by atoms with Crippen molar-refractivity contribution in [1.29, 1.82) is 5.26 Å². The van der Waals surface area contributed by atoms with E-state index >= 15 is 0 Å². The van der Waals surface area contributed by atoms with Crippen molar-refractivity contribution in [1.82, 2.24) is 9.78 Å². The fraction of sp³-hybridized carbons (Fsp3) is 0.533. The minimum atomic E-state index is -1.15. The fourth-order valence-corrected chi connectivity index (χ4v) is 4.15. The third kappa shape index (κ3) is 4.21. The Labute approximate surface area is 145 Å². The summed E-state index contributed by atoms with van der Waals surface area (Å²) < 4.78 is 7.96. The van der Waals surface area contributed by atoms with Crippen LogP contribution in [0.4, 0.5) is 0 Å². The van der Waals surface area contributed by atoms with Gasteiger partial charge in [-0.2, -0.15) is 10.4 Å². The van der Waals surface area contributed by atoms with Crippen LogP contribution in [0.2, 0.25) is 30.0 Å². The Morgan fingerprint density at radius 2 is 2.13 bits per heavy atom. The molecular weight excluding hydrogens is 350 g/mol. The van der Waals surface area contributed by atoms with Gasteiger partial charge in [-0.15, -0.1) is 11.3 Å². The van der Waals surface area contributed by atoms with Gasteiger partial charge in [-0.3, -0.25) is 4.79 Å². The molecule has 0 radical (unpaired) electrons. The highest BCUT2D eigenvalue weighted by Gasteiger charge is 2.18. The maximum absolute atomic E-state index is 12.5. The van der Waals surface area contributed by atoms with Crippen molar-refractivity contribution in [3.63, 3.8) is 0 Å². The summed E-state index contributed by atoms with van der Waals surface area (Å²) in [5.74, 6) is 0. The van der Waals surface area contributed by atoms with Crippen LogP contribution in [0, 0.1) is 18.3 Å². The van der Waals surface area contributed by atoms with Crippen molar-refractivity contribution in [3.8, 4) is 6.07 Å². The topological polar surface area (TPSA) is 67.9 Å². The number of ether oxygens (including phenoxy) is 1. The molecule has 0 atom stereocenters. The lowest BCUT2D eigenvalue weighted by Gasteiger charge is -2.16. The number of hydrogen-bond donors (Lipinski definition) is 0. The molecule has 2 aromatic rings. The molecule has 0 saturated carbocycles. The van der Waals surface area contributed by atoms with Gasteiger partial charge < -0.3 is 4.74 Å². The highest BCUT2D eigenvalue weighted by molar-refractivity contribution is 7.22. The van der Waals surface area contributed by atoms with Crippen LogP contribution in [0.5, 0.6) is 0 Å². The Morgan fingerprint density at radius 1 is 1.43 bits per heavy atom. The van der Waals surface area contributed by atoms with Crippen LogP contribution in [0.15, 0.2) is 4.79 Å². The van der Waals surface area contributed by atoms with E-state index in [0.717, 1.165) is 11.6 Å². The van der Waals surface area contributed by atoms with Gasteiger partial charge in [0.1, 0.15) is 17.3 Å². The van der Waals surface area contributed by atoms with Crippen LogP contribution >= 0.6 is 22.9 Å². The van der Waals surface area contributed by atoms with Crippen LogP contribution in [-0.4, -0.2) is 24.5 Å². The largest absolute Gasteiger partial charge is 0.359 e. The molecule has 5 nitrogen and oxygen atoms in total. The standard InChI is InChI=1S/C15H20ClN3O2SSi/c1-10-12-13(20)11(5-6-17)18-19(15(12)22-14(10)16)9-21-7-8-23(2,3)4/h5,7-9H2,1-4H3. The Morgan fingerprint density at radius 3 is 2.74 bits per heavy atom. The zero-order chi connectivity index (χ0) is 17.2. The summed E-state index contributed by atoms with van der Waals surface area (Å²) in [5.41, 5.74) is 0.779. The number of aromatic nitrogens is 2. The highest BCUT2D eigenvalue weighted by atomic mass is 35.5. The van der Waals surface area contributed by atoms with Crippen molar-refractivity contribution in [2.45, 2.75) is 45.8 Å². The van der Waals surface area contributed by atoms with Crippen molar-refractivity contribution in [2.24, 2.45) is 0 Å². The van der Waals surface area contributed by atoms with Crippen LogP contribution in [0.1, 0.15) is 11.3 Å². The monoisotopic (exact) mass is 369 g/mol. The second-order valence-electron chi connectivity index (χ2n) is 6.64. The number of nitriles is 1. The molecule has 0 spiro atoms. The maximum Gasteiger partial charge on any atom is 0.213 e. The van der Waals surface area contributed by atoms with Crippen LogP contribution in [-0.2, 0) is 17.9 Å². The molecule has 0 amide bonds. The van der Waals surface area contributed by atoms with Crippen molar-refractivity contribution < 1.29 is 4.74 Å². The van der Waals surface area contributed by atoms with E-state index < -0.39 is 8.07 Å². The molecule has 0 N–H and O–H groups in total. The number of thiophene rings is 1. The minimum Gasteiger partial charge on any atom is -0.359 e. The zero-order valence-corrected chi connectivity index (χ0v) is 16.3. The number of aryl methyl sites for hydroxylation is 1. The molecule has 0 aliphatic heterocycles. The molecule has 0 aromatic carbocycles. The van der Waals surface area contributed by atoms with Gasteiger partial charge in [0.05, 0.1) is 22.2 Å². The lowest BCUT2D eigenvalue weighted by Crippen LogP contribution is -2.23. The predicted octanol–water partition coefficient (Wildman–Crippen LogP) is 3.80. The van der Waals surface area contributed by atoms with Gasteiger partial charge in [0.25, 0.3) is 0 Å². The molecule has 2 aromatic heterocycles. The summed E-state index contributed by atoms with van der Waals surface area (Å²) in [6.07, 6.45) is -0.0173. The van der Waals surface area contributed by atoms with E-state index in [-0.39, 0.29) is 24.3 Å². The number of hydrogen-bond acceptors (Lipinski definition) is 5. The third-order valence-corrected chi connectivity index (χ3v) is 6.80. The van der Waals surface area contributed by atoms with Crippen molar-refractivity contribution in [3.05, 3.63) is 25.8 Å². The molecule has 2 heterocycles. The normalized spacial score (nSPS) is 11.8. The Hall–Kier alpha value is -1.20. The van der Waals surface area contributed by atoms with E-state index in [1.807, 2.05) is 13.0 Å². The average Bonchev–Trinajstić information content (AvgIpc) is 2.75. The van der Waals surface area contributed by atoms with Gasteiger partial charge in [0.2, 0.25) is 5.43 Å². The summed E-state index contributed by atoms with van der Waals surface area (Å²) in [6, 6.07) is 3.05. The van der Waals surface area contributed by atoms with Crippen molar-refractivity contribution >= 4 is 41.2 Å². The maximum atomic E-state index is 12.5. The number of fused-ring (bicyclic) bond motifs is 1. The Balaban J connectivity index is 2.35. The lowest BCUT2D eigenvalue weighted by atomic mass is 10.2. The van der Waals surface area contributed by atoms with E-state index in [2.05, 4.69) is 24.7 Å². The second-order valence-corrected chi connectivity index (χ2v) is 13.9. The molecule has 0 unspecified atom stereocenters. The summed E-state index contributed by atoms with van der Waals surface area (Å²) in [6.45, 7) is 9.61. The molecule has 0 aliphatic rings. The lowest BCUT2D eigenvalue weighted by molar-refractivity contribution is 0.0809. The zero-order valence-electron chi connectivity index (χ0n) is 13.8. The van der Waals surface area contributed by atoms with E-state index in [1.54, 1.807) is 4.68 Å². The molecule has 23 heavy (non-hydrogen) atoms. The minimum absolute atomic E-state index is 0.0173. The van der Waals surface area contributed by atoms with E-state index in [1.165, 1.54) is 11.3 Å². The molecule has 0 saturated heterocycles. The molecule has 0 aliphatic carbocycles. The van der Waals surface area contributed by atoms with Gasteiger partial charge in [-0.05, 0) is 18.5 Å². The van der Waals surface area contributed by atoms with E-state index in [0.29, 0.717) is 21.2 Å². The average molecular weight is 370 g/mol. The highest BCUT2D eigenvalue weighted by Crippen LogP contribution is 2.32. The predicted molar refractivity (Wildman–Crippen MR) is 97.0 cm³/mol. The number of nitrogens with zero attached hydrogens (tertiary/aromatic N) is 3. The fourth-order valence-electron chi connectivity index (χ4n) is 2.11. The number of halogens is 1. The van der Waals surface area contributed by atoms with E-state index in [9.17, 15) is 4.79 Å². The summed E-state index contributed by atoms with van der Waals surface area (Å²) in [4.78, 5) is 13.2. The first-order valence-electron chi connectivity index (χ1n) is 7.38. The van der Waals surface area contributed by atoms with E-state index in [4.69, 9.17) is 21.6 Å². The third-order valence-electron chi connectivity index (χ3n) is 3.49. The quantitative estimate of drug-likeness (QED) is 0.573. The van der Waals surface area contributed by atoms with Crippen molar-refractivity contribution in [2.75, 3.05) is 6.61 Å². The first-order valence-corrected chi connectivity index (χ1v) is 12.3. The SMILES string of the molecule is Cc1c(Cl)sc2c1c(=O)c(CC#N)nn2COCC[Si](C)(C)C. The van der Waals surface area contributed by atoms with Crippen LogP contribution in [0.3, 0.4) is 0 Å². The molecule has 2 rings (SSSR count).